The third-order valence-corrected chi connectivity index (χ3v) is 4.76. The molecular weight excluding hydrogens is 330 g/mol. The van der Waals surface area contributed by atoms with E-state index in [1.54, 1.807) is 7.11 Å². The lowest BCUT2D eigenvalue weighted by Gasteiger charge is -2.39. The maximum absolute atomic E-state index is 5.04. The van der Waals surface area contributed by atoms with E-state index in [-0.39, 0.29) is 0 Å². The quantitative estimate of drug-likeness (QED) is 0.792. The topological polar surface area (TPSA) is 27.7 Å². The lowest BCUT2D eigenvalue weighted by Crippen LogP contribution is -2.50. The molecule has 2 rings (SSSR count). The fourth-order valence-electron chi connectivity index (χ4n) is 2.59. The highest BCUT2D eigenvalue weighted by atomic mass is 79.9. The van der Waals surface area contributed by atoms with Crippen LogP contribution in [0.2, 0.25) is 0 Å². The second-order valence-electron chi connectivity index (χ2n) is 5.73. The van der Waals surface area contributed by atoms with Crippen molar-refractivity contribution < 1.29 is 4.74 Å². The Morgan fingerprint density at radius 2 is 2.19 bits per heavy atom. The zero-order chi connectivity index (χ0) is 15.2. The molecule has 1 unspecified atom stereocenters. The maximum Gasteiger partial charge on any atom is 0.0587 e. The van der Waals surface area contributed by atoms with Crippen LogP contribution in [0.25, 0.3) is 0 Å². The van der Waals surface area contributed by atoms with Crippen molar-refractivity contribution in [2.45, 2.75) is 19.5 Å². The molecule has 0 radical (unpaired) electrons. The van der Waals surface area contributed by atoms with E-state index in [1.165, 1.54) is 15.7 Å². The summed E-state index contributed by atoms with van der Waals surface area (Å²) in [6, 6.07) is 7.26. The summed E-state index contributed by atoms with van der Waals surface area (Å²) in [5.74, 6) is 0. The molecule has 0 bridgehead atoms. The highest BCUT2D eigenvalue weighted by Gasteiger charge is 2.22. The molecule has 1 atom stereocenters. The Morgan fingerprint density at radius 3 is 2.86 bits per heavy atom. The number of halogens is 1. The van der Waals surface area contributed by atoms with Crippen molar-refractivity contribution in [3.63, 3.8) is 0 Å². The smallest absolute Gasteiger partial charge is 0.0587 e. The van der Waals surface area contributed by atoms with Crippen molar-refractivity contribution in [1.82, 2.24) is 10.2 Å². The molecule has 1 aromatic rings. The van der Waals surface area contributed by atoms with Crippen LogP contribution in [0.1, 0.15) is 12.5 Å². The average molecular weight is 356 g/mol. The van der Waals surface area contributed by atoms with E-state index < -0.39 is 0 Å². The van der Waals surface area contributed by atoms with Crippen molar-refractivity contribution in [1.29, 1.82) is 0 Å². The van der Waals surface area contributed by atoms with Gasteiger partial charge in [-0.25, -0.2) is 0 Å². The first-order valence-electron chi connectivity index (χ1n) is 7.55. The number of methoxy groups -OCH3 is 1. The van der Waals surface area contributed by atoms with E-state index in [2.05, 4.69) is 63.2 Å². The number of benzene rings is 1. The van der Waals surface area contributed by atoms with Gasteiger partial charge in [-0.05, 0) is 47.6 Å². The van der Waals surface area contributed by atoms with Crippen LogP contribution in [-0.2, 0) is 11.3 Å². The molecule has 0 saturated carbocycles. The number of hydrogen-bond donors (Lipinski definition) is 1. The second kappa shape index (κ2) is 8.13. The summed E-state index contributed by atoms with van der Waals surface area (Å²) in [5.41, 5.74) is 2.60. The largest absolute Gasteiger partial charge is 0.383 e. The molecule has 0 spiro atoms. The molecule has 4 nitrogen and oxygen atoms in total. The summed E-state index contributed by atoms with van der Waals surface area (Å²) < 4.78 is 6.22. The first-order valence-corrected chi connectivity index (χ1v) is 8.34. The standard InChI is InChI=1S/C16H26BrN3O/c1-13-12-20(8-7-19(13)2)16-5-4-14(10-15(16)17)11-18-6-9-21-3/h4-5,10,13,18H,6-9,11-12H2,1-3H3. The number of nitrogens with zero attached hydrogens (tertiary/aromatic N) is 2. The molecule has 5 heteroatoms. The van der Waals surface area contributed by atoms with Crippen LogP contribution >= 0.6 is 15.9 Å². The van der Waals surface area contributed by atoms with Gasteiger partial charge in [-0.3, -0.25) is 0 Å². The van der Waals surface area contributed by atoms with Gasteiger partial charge in [-0.1, -0.05) is 6.07 Å². The monoisotopic (exact) mass is 355 g/mol. The zero-order valence-corrected chi connectivity index (χ0v) is 14.8. The van der Waals surface area contributed by atoms with Crippen LogP contribution in [0, 0.1) is 0 Å². The van der Waals surface area contributed by atoms with Gasteiger partial charge in [-0.15, -0.1) is 0 Å². The molecule has 21 heavy (non-hydrogen) atoms. The zero-order valence-electron chi connectivity index (χ0n) is 13.2. The Bertz CT molecular complexity index is 455. The molecular formula is C16H26BrN3O. The fourth-order valence-corrected chi connectivity index (χ4v) is 3.27. The van der Waals surface area contributed by atoms with Gasteiger partial charge in [0.25, 0.3) is 0 Å². The molecule has 1 heterocycles. The highest BCUT2D eigenvalue weighted by Crippen LogP contribution is 2.29. The van der Waals surface area contributed by atoms with Crippen LogP contribution < -0.4 is 10.2 Å². The minimum absolute atomic E-state index is 0.598. The number of likely N-dealkylation sites (N-methyl/N-ethyl adjacent to an activating group) is 1. The fraction of sp³-hybridized carbons (Fsp3) is 0.625. The van der Waals surface area contributed by atoms with E-state index in [0.717, 1.165) is 39.3 Å². The highest BCUT2D eigenvalue weighted by molar-refractivity contribution is 9.10. The van der Waals surface area contributed by atoms with E-state index in [4.69, 9.17) is 4.74 Å². The van der Waals surface area contributed by atoms with E-state index in [9.17, 15) is 0 Å². The van der Waals surface area contributed by atoms with E-state index in [1.807, 2.05) is 0 Å². The molecule has 0 aliphatic carbocycles. The number of hydrogen-bond acceptors (Lipinski definition) is 4. The summed E-state index contributed by atoms with van der Waals surface area (Å²) in [5, 5.41) is 3.38. The lowest BCUT2D eigenvalue weighted by atomic mass is 10.1. The van der Waals surface area contributed by atoms with Crippen molar-refractivity contribution in [2.75, 3.05) is 51.8 Å². The molecule has 0 aromatic heterocycles. The number of nitrogens with one attached hydrogen (secondary N) is 1. The Kier molecular flexibility index (Phi) is 6.48. The SMILES string of the molecule is COCCNCc1ccc(N2CCN(C)C(C)C2)c(Br)c1. The minimum Gasteiger partial charge on any atom is -0.383 e. The van der Waals surface area contributed by atoms with Gasteiger partial charge in [0.15, 0.2) is 0 Å². The molecule has 1 aliphatic heterocycles. The maximum atomic E-state index is 5.04. The summed E-state index contributed by atoms with van der Waals surface area (Å²) in [4.78, 5) is 4.88. The summed E-state index contributed by atoms with van der Waals surface area (Å²) in [6.07, 6.45) is 0. The van der Waals surface area contributed by atoms with Crippen LogP contribution in [-0.4, -0.2) is 57.9 Å². The van der Waals surface area contributed by atoms with Crippen molar-refractivity contribution in [2.24, 2.45) is 0 Å². The number of piperazine rings is 1. The van der Waals surface area contributed by atoms with Gasteiger partial charge < -0.3 is 19.9 Å². The predicted molar refractivity (Wildman–Crippen MR) is 92.0 cm³/mol. The first kappa shape index (κ1) is 16.7. The number of rotatable bonds is 6. The second-order valence-corrected chi connectivity index (χ2v) is 6.59. The summed E-state index contributed by atoms with van der Waals surface area (Å²) in [6.45, 7) is 8.08. The van der Waals surface area contributed by atoms with Crippen LogP contribution in [0.3, 0.4) is 0 Å². The van der Waals surface area contributed by atoms with Gasteiger partial charge >= 0.3 is 0 Å². The van der Waals surface area contributed by atoms with Gasteiger partial charge in [0.2, 0.25) is 0 Å². The molecule has 1 aliphatic rings. The summed E-state index contributed by atoms with van der Waals surface area (Å²) >= 11 is 3.73. The Morgan fingerprint density at radius 1 is 1.38 bits per heavy atom. The van der Waals surface area contributed by atoms with Crippen molar-refractivity contribution in [3.05, 3.63) is 28.2 Å². The van der Waals surface area contributed by atoms with Gasteiger partial charge in [-0.2, -0.15) is 0 Å². The Labute approximate surface area is 136 Å². The van der Waals surface area contributed by atoms with Crippen molar-refractivity contribution in [3.8, 4) is 0 Å². The van der Waals surface area contributed by atoms with Gasteiger partial charge in [0.1, 0.15) is 0 Å². The van der Waals surface area contributed by atoms with Crippen molar-refractivity contribution >= 4 is 21.6 Å². The predicted octanol–water partition coefficient (Wildman–Crippen LogP) is 2.33. The number of anilines is 1. The minimum atomic E-state index is 0.598. The lowest BCUT2D eigenvalue weighted by molar-refractivity contribution is 0.199. The average Bonchev–Trinajstić information content (AvgIpc) is 2.47. The normalized spacial score (nSPS) is 20.0. The third-order valence-electron chi connectivity index (χ3n) is 4.12. The van der Waals surface area contributed by atoms with E-state index >= 15 is 0 Å². The van der Waals surface area contributed by atoms with Crippen LogP contribution in [0.5, 0.6) is 0 Å². The molecule has 0 amide bonds. The molecule has 1 aromatic carbocycles. The van der Waals surface area contributed by atoms with Gasteiger partial charge in [0, 0.05) is 50.3 Å². The Hall–Kier alpha value is -0.620. The van der Waals surface area contributed by atoms with Crippen LogP contribution in [0.15, 0.2) is 22.7 Å². The van der Waals surface area contributed by atoms with Gasteiger partial charge in [0.05, 0.1) is 12.3 Å². The first-order chi connectivity index (χ1) is 10.1. The van der Waals surface area contributed by atoms with E-state index in [0.29, 0.717) is 6.04 Å². The molecule has 1 N–H and O–H groups in total. The molecule has 118 valence electrons. The number of ether oxygens (including phenoxy) is 1. The molecule has 1 fully saturated rings. The Balaban J connectivity index is 1.95. The third kappa shape index (κ3) is 4.68. The van der Waals surface area contributed by atoms with Crippen LogP contribution in [0.4, 0.5) is 5.69 Å². The summed E-state index contributed by atoms with van der Waals surface area (Å²) in [7, 11) is 3.93. The molecule has 1 saturated heterocycles.